The van der Waals surface area contributed by atoms with Crippen molar-refractivity contribution in [2.45, 2.75) is 231 Å². The van der Waals surface area contributed by atoms with Gasteiger partial charge in [0, 0.05) is 19.4 Å². The lowest BCUT2D eigenvalue weighted by Crippen LogP contribution is -2.46. The number of hydrogen-bond donors (Lipinski definition) is 4. The average molecular weight is 792 g/mol. The van der Waals surface area contributed by atoms with Crippen molar-refractivity contribution in [3.63, 3.8) is 0 Å². The summed E-state index contributed by atoms with van der Waals surface area (Å²) in [5.74, 6) is -2.27. The summed E-state index contributed by atoms with van der Waals surface area (Å²) >= 11 is 0. The lowest BCUT2D eigenvalue weighted by Gasteiger charge is -2.21. The van der Waals surface area contributed by atoms with Gasteiger partial charge in [-0.1, -0.05) is 194 Å². The molecule has 320 valence electrons. The number of carbonyl (C=O) groups excluding carboxylic acids is 2. The van der Waals surface area contributed by atoms with E-state index in [0.29, 0.717) is 12.8 Å². The first-order valence-corrected chi connectivity index (χ1v) is 23.6. The predicted octanol–water partition coefficient (Wildman–Crippen LogP) is 11.1. The van der Waals surface area contributed by atoms with Crippen LogP contribution in [0.5, 0.6) is 0 Å². The summed E-state index contributed by atoms with van der Waals surface area (Å²) in [5, 5.41) is 12.1. The molecule has 2 atom stereocenters. The van der Waals surface area contributed by atoms with Crippen molar-refractivity contribution in [3.05, 3.63) is 0 Å². The minimum atomic E-state index is -4.88. The number of phosphoric acid groups is 1. The van der Waals surface area contributed by atoms with Crippen LogP contribution in [0, 0.1) is 0 Å². The zero-order valence-electron chi connectivity index (χ0n) is 34.6. The average Bonchev–Trinajstić information content (AvgIpc) is 3.13. The van der Waals surface area contributed by atoms with Gasteiger partial charge >= 0.3 is 25.7 Å². The van der Waals surface area contributed by atoms with Gasteiger partial charge in [-0.05, 0) is 12.8 Å². The number of unbranched alkanes of at least 4 members (excludes halogenated alkanes) is 28. The van der Waals surface area contributed by atoms with Crippen LogP contribution in [0.2, 0.25) is 0 Å². The molecule has 0 aliphatic carbocycles. The highest BCUT2D eigenvalue weighted by atomic mass is 31.2. The van der Waals surface area contributed by atoms with Crippen molar-refractivity contribution in [2.24, 2.45) is 0 Å². The summed E-state index contributed by atoms with van der Waals surface area (Å²) in [6.07, 6.45) is 36.2. The first-order valence-electron chi connectivity index (χ1n) is 22.1. The van der Waals surface area contributed by atoms with Crippen molar-refractivity contribution < 1.29 is 47.8 Å². The van der Waals surface area contributed by atoms with E-state index in [0.717, 1.165) is 38.5 Å². The Kier molecular flexibility index (Phi) is 37.3. The van der Waals surface area contributed by atoms with Crippen molar-refractivity contribution in [1.29, 1.82) is 0 Å². The standard InChI is InChI=1S/C42H82NO10P/c1-3-5-7-9-11-13-15-17-19-21-23-25-27-29-31-33-40(44)51-36-38(35-43-39(42(46)47)37-52-54(48,49)50)53-41(45)34-32-30-28-26-24-22-20-18-16-14-12-10-8-6-4-2/h38-39,43H,3-37H2,1-2H3,(H,46,47)(H2,48,49,50)/t38?,39-/m0/s1. The van der Waals surface area contributed by atoms with E-state index in [1.54, 1.807) is 0 Å². The summed E-state index contributed by atoms with van der Waals surface area (Å²) in [7, 11) is -4.88. The van der Waals surface area contributed by atoms with Crippen LogP contribution in [-0.2, 0) is 32.9 Å². The van der Waals surface area contributed by atoms with Crippen LogP contribution in [-0.4, -0.2) is 64.7 Å². The van der Waals surface area contributed by atoms with E-state index >= 15 is 0 Å². The Labute approximate surface area is 329 Å². The monoisotopic (exact) mass is 792 g/mol. The number of rotatable bonds is 42. The van der Waals surface area contributed by atoms with Gasteiger partial charge < -0.3 is 24.4 Å². The number of hydrogen-bond acceptors (Lipinski definition) is 8. The largest absolute Gasteiger partial charge is 0.480 e. The lowest BCUT2D eigenvalue weighted by atomic mass is 10.0. The Hall–Kier alpha value is -1.52. The molecule has 0 bridgehead atoms. The lowest BCUT2D eigenvalue weighted by molar-refractivity contribution is -0.159. The Morgan fingerprint density at radius 2 is 0.852 bits per heavy atom. The van der Waals surface area contributed by atoms with Gasteiger partial charge in [0.1, 0.15) is 18.8 Å². The molecular formula is C42H82NO10P. The number of esters is 2. The van der Waals surface area contributed by atoms with Crippen molar-refractivity contribution >= 4 is 25.7 Å². The van der Waals surface area contributed by atoms with Crippen molar-refractivity contribution in [3.8, 4) is 0 Å². The second kappa shape index (κ2) is 38.4. The Morgan fingerprint density at radius 3 is 1.19 bits per heavy atom. The van der Waals surface area contributed by atoms with E-state index in [1.165, 1.54) is 141 Å². The number of carboxylic acids is 1. The van der Waals surface area contributed by atoms with Crippen LogP contribution < -0.4 is 5.32 Å². The van der Waals surface area contributed by atoms with E-state index in [1.807, 2.05) is 0 Å². The number of nitrogens with one attached hydrogen (secondary N) is 1. The van der Waals surface area contributed by atoms with Crippen LogP contribution in [0.4, 0.5) is 0 Å². The smallest absolute Gasteiger partial charge is 0.469 e. The van der Waals surface area contributed by atoms with Crippen molar-refractivity contribution in [1.82, 2.24) is 5.32 Å². The Balaban J connectivity index is 4.34. The van der Waals surface area contributed by atoms with E-state index in [4.69, 9.17) is 19.3 Å². The van der Waals surface area contributed by atoms with Crippen LogP contribution >= 0.6 is 7.82 Å². The summed E-state index contributed by atoms with van der Waals surface area (Å²) in [4.78, 5) is 54.7. The molecule has 11 nitrogen and oxygen atoms in total. The Bertz CT molecular complexity index is 931. The Morgan fingerprint density at radius 1 is 0.519 bits per heavy atom. The number of aliphatic carboxylic acids is 1. The van der Waals surface area contributed by atoms with E-state index in [9.17, 15) is 24.1 Å². The fourth-order valence-corrected chi connectivity index (χ4v) is 6.92. The SMILES string of the molecule is CCCCCCCCCCCCCCCCCC(=O)OCC(CN[C@@H](COP(=O)(O)O)C(=O)O)OC(=O)CCCCCCCCCCCCCCCCC. The highest BCUT2D eigenvalue weighted by Gasteiger charge is 2.25. The molecule has 0 amide bonds. The first kappa shape index (κ1) is 52.5. The molecule has 0 rings (SSSR count). The minimum absolute atomic E-state index is 0.196. The molecule has 0 aromatic heterocycles. The van der Waals surface area contributed by atoms with Gasteiger partial charge in [-0.2, -0.15) is 0 Å². The van der Waals surface area contributed by atoms with Gasteiger partial charge in [0.2, 0.25) is 0 Å². The minimum Gasteiger partial charge on any atom is -0.480 e. The molecule has 0 aromatic rings. The zero-order chi connectivity index (χ0) is 40.0. The highest BCUT2D eigenvalue weighted by Crippen LogP contribution is 2.35. The molecule has 0 saturated carbocycles. The molecule has 0 radical (unpaired) electrons. The van der Waals surface area contributed by atoms with Gasteiger partial charge in [0.05, 0.1) is 6.61 Å². The molecular weight excluding hydrogens is 709 g/mol. The summed E-state index contributed by atoms with van der Waals surface area (Å²) in [6, 6.07) is -1.47. The number of carbonyl (C=O) groups is 3. The third kappa shape index (κ3) is 38.7. The van der Waals surface area contributed by atoms with Gasteiger partial charge in [-0.15, -0.1) is 0 Å². The summed E-state index contributed by atoms with van der Waals surface area (Å²) < 4.78 is 26.4. The second-order valence-electron chi connectivity index (χ2n) is 15.3. The first-order chi connectivity index (χ1) is 26.1. The summed E-state index contributed by atoms with van der Waals surface area (Å²) in [6.45, 7) is 3.26. The van der Waals surface area contributed by atoms with E-state index in [2.05, 4.69) is 23.7 Å². The normalized spacial score (nSPS) is 12.8. The van der Waals surface area contributed by atoms with Gasteiger partial charge in [0.25, 0.3) is 0 Å². The molecule has 0 aliphatic heterocycles. The van der Waals surface area contributed by atoms with Crippen molar-refractivity contribution in [2.75, 3.05) is 19.8 Å². The molecule has 1 unspecified atom stereocenters. The number of ether oxygens (including phenoxy) is 2. The van der Waals surface area contributed by atoms with Gasteiger partial charge in [0.15, 0.2) is 0 Å². The molecule has 0 aliphatic rings. The molecule has 0 spiro atoms. The second-order valence-corrected chi connectivity index (χ2v) is 16.5. The van der Waals surface area contributed by atoms with Crippen LogP contribution in [0.25, 0.3) is 0 Å². The quantitative estimate of drug-likeness (QED) is 0.0264. The molecule has 0 aromatic carbocycles. The molecule has 0 fully saturated rings. The van der Waals surface area contributed by atoms with Crippen LogP contribution in [0.1, 0.15) is 219 Å². The number of phosphoric ester groups is 1. The third-order valence-corrected chi connectivity index (χ3v) is 10.5. The van der Waals surface area contributed by atoms with Crippen LogP contribution in [0.3, 0.4) is 0 Å². The third-order valence-electron chi connectivity index (χ3n) is 10.00. The number of carboxylic acid groups (broad SMARTS) is 1. The molecule has 54 heavy (non-hydrogen) atoms. The zero-order valence-corrected chi connectivity index (χ0v) is 35.4. The topological polar surface area (TPSA) is 169 Å². The maximum Gasteiger partial charge on any atom is 0.469 e. The maximum absolute atomic E-state index is 12.7. The van der Waals surface area contributed by atoms with Gasteiger partial charge in [-0.25, -0.2) is 4.57 Å². The van der Waals surface area contributed by atoms with E-state index < -0.39 is 44.5 Å². The van der Waals surface area contributed by atoms with Gasteiger partial charge in [-0.3, -0.25) is 24.2 Å². The maximum atomic E-state index is 12.7. The molecule has 0 heterocycles. The predicted molar refractivity (Wildman–Crippen MR) is 217 cm³/mol. The summed E-state index contributed by atoms with van der Waals surface area (Å²) in [5.41, 5.74) is 0. The fourth-order valence-electron chi connectivity index (χ4n) is 6.58. The van der Waals surface area contributed by atoms with E-state index in [-0.39, 0.29) is 26.0 Å². The molecule has 12 heteroatoms. The molecule has 0 saturated heterocycles. The fraction of sp³-hybridized carbons (Fsp3) is 0.929. The highest BCUT2D eigenvalue weighted by molar-refractivity contribution is 7.46. The van der Waals surface area contributed by atoms with Crippen LogP contribution in [0.15, 0.2) is 0 Å². The molecule has 4 N–H and O–H groups in total.